The molecule has 0 aromatic rings. The van der Waals surface area contributed by atoms with Gasteiger partial charge in [0.2, 0.25) is 0 Å². The summed E-state index contributed by atoms with van der Waals surface area (Å²) < 4.78 is 0. The highest BCUT2D eigenvalue weighted by Crippen LogP contribution is 2.47. The van der Waals surface area contributed by atoms with Gasteiger partial charge >= 0.3 is 0 Å². The van der Waals surface area contributed by atoms with E-state index in [0.717, 1.165) is 12.1 Å². The largest absolute Gasteiger partial charge is 0.299 e. The van der Waals surface area contributed by atoms with Crippen LogP contribution in [0, 0.1) is 10.8 Å². The first-order valence-corrected chi connectivity index (χ1v) is 8.83. The Balaban J connectivity index is 1.71. The second-order valence-corrected chi connectivity index (χ2v) is 9.25. The molecule has 0 radical (unpaired) electrons. The van der Waals surface area contributed by atoms with Crippen LogP contribution < -0.4 is 0 Å². The Morgan fingerprint density at radius 2 is 1.35 bits per heavy atom. The molecule has 0 aromatic carbocycles. The average Bonchev–Trinajstić information content (AvgIpc) is 2.62. The molecule has 3 fully saturated rings. The molecule has 2 nitrogen and oxygen atoms in total. The molecule has 3 aliphatic rings. The second kappa shape index (κ2) is 5.28. The lowest BCUT2D eigenvalue weighted by Crippen LogP contribution is -2.48. The predicted octanol–water partition coefficient (Wildman–Crippen LogP) is 3.76. The molecule has 20 heavy (non-hydrogen) atoms. The van der Waals surface area contributed by atoms with Crippen LogP contribution in [0.5, 0.6) is 0 Å². The molecule has 1 aliphatic carbocycles. The highest BCUT2D eigenvalue weighted by Gasteiger charge is 2.41. The summed E-state index contributed by atoms with van der Waals surface area (Å²) in [6.45, 7) is 15.3. The lowest BCUT2D eigenvalue weighted by Gasteiger charge is -2.48. The first-order valence-electron chi connectivity index (χ1n) is 8.83. The van der Waals surface area contributed by atoms with E-state index in [-0.39, 0.29) is 0 Å². The van der Waals surface area contributed by atoms with E-state index in [4.69, 9.17) is 0 Å². The van der Waals surface area contributed by atoms with E-state index in [9.17, 15) is 0 Å². The molecule has 3 rings (SSSR count). The molecule has 0 amide bonds. The lowest BCUT2D eigenvalue weighted by atomic mass is 9.63. The van der Waals surface area contributed by atoms with E-state index in [1.54, 1.807) is 0 Å². The van der Waals surface area contributed by atoms with Gasteiger partial charge in [-0.15, -0.1) is 0 Å². The third kappa shape index (κ3) is 3.22. The molecule has 0 spiro atoms. The van der Waals surface area contributed by atoms with Crippen molar-refractivity contribution in [3.05, 3.63) is 0 Å². The van der Waals surface area contributed by atoms with Crippen LogP contribution >= 0.6 is 0 Å². The number of fused-ring (bicyclic) bond motifs is 1. The summed E-state index contributed by atoms with van der Waals surface area (Å²) in [6.07, 6.45) is 8.45. The monoisotopic (exact) mass is 278 g/mol. The van der Waals surface area contributed by atoms with Gasteiger partial charge in [-0.2, -0.15) is 0 Å². The highest BCUT2D eigenvalue weighted by molar-refractivity contribution is 4.95. The van der Waals surface area contributed by atoms with Crippen LogP contribution in [-0.4, -0.2) is 48.1 Å². The summed E-state index contributed by atoms with van der Waals surface area (Å²) in [6, 6.07) is 1.69. The van der Waals surface area contributed by atoms with Gasteiger partial charge in [-0.3, -0.25) is 9.80 Å². The van der Waals surface area contributed by atoms with Crippen LogP contribution in [0.3, 0.4) is 0 Å². The van der Waals surface area contributed by atoms with Gasteiger partial charge in [-0.25, -0.2) is 0 Å². The normalized spacial score (nSPS) is 35.7. The number of hydrogen-bond donors (Lipinski definition) is 0. The van der Waals surface area contributed by atoms with Crippen LogP contribution in [0.2, 0.25) is 0 Å². The number of rotatable bonds is 1. The molecule has 2 heteroatoms. The zero-order chi connectivity index (χ0) is 14.4. The van der Waals surface area contributed by atoms with Crippen molar-refractivity contribution in [3.63, 3.8) is 0 Å². The topological polar surface area (TPSA) is 6.48 Å². The molecule has 0 N–H and O–H groups in total. The Kier molecular flexibility index (Phi) is 3.92. The van der Waals surface area contributed by atoms with Gasteiger partial charge in [0.1, 0.15) is 0 Å². The zero-order valence-corrected chi connectivity index (χ0v) is 14.1. The third-order valence-electron chi connectivity index (χ3n) is 5.88. The summed E-state index contributed by atoms with van der Waals surface area (Å²) in [5.74, 6) is 0. The minimum absolute atomic E-state index is 0.522. The van der Waals surface area contributed by atoms with Gasteiger partial charge < -0.3 is 0 Å². The standard InChI is InChI=1S/C18H34N2/c1-17(2)11-16(12-18(3,4)14-17)20-10-6-9-19-8-5-7-15(19)13-20/h15-16H,5-14H2,1-4H3. The summed E-state index contributed by atoms with van der Waals surface area (Å²) in [5.41, 5.74) is 1.04. The van der Waals surface area contributed by atoms with E-state index >= 15 is 0 Å². The van der Waals surface area contributed by atoms with Crippen LogP contribution in [-0.2, 0) is 0 Å². The maximum Gasteiger partial charge on any atom is 0.0223 e. The predicted molar refractivity (Wildman–Crippen MR) is 86.0 cm³/mol. The van der Waals surface area contributed by atoms with Crippen molar-refractivity contribution in [1.29, 1.82) is 0 Å². The Morgan fingerprint density at radius 1 is 0.750 bits per heavy atom. The maximum atomic E-state index is 2.87. The van der Waals surface area contributed by atoms with Gasteiger partial charge in [0.15, 0.2) is 0 Å². The van der Waals surface area contributed by atoms with Crippen molar-refractivity contribution in [2.75, 3.05) is 26.2 Å². The minimum atomic E-state index is 0.522. The Labute approximate surface area is 125 Å². The van der Waals surface area contributed by atoms with Gasteiger partial charge in [-0.05, 0) is 69.0 Å². The summed E-state index contributed by atoms with van der Waals surface area (Å²) in [4.78, 5) is 5.64. The molecule has 0 aromatic heterocycles. The third-order valence-corrected chi connectivity index (χ3v) is 5.88. The molecule has 116 valence electrons. The van der Waals surface area contributed by atoms with Crippen LogP contribution in [0.4, 0.5) is 0 Å². The molecule has 1 atom stereocenters. The first kappa shape index (κ1) is 14.8. The summed E-state index contributed by atoms with van der Waals surface area (Å²) in [7, 11) is 0. The number of nitrogens with zero attached hydrogens (tertiary/aromatic N) is 2. The molecule has 2 heterocycles. The Morgan fingerprint density at radius 3 is 2.05 bits per heavy atom. The van der Waals surface area contributed by atoms with E-state index < -0.39 is 0 Å². The van der Waals surface area contributed by atoms with Crippen molar-refractivity contribution < 1.29 is 0 Å². The molecule has 1 saturated carbocycles. The molecular formula is C18H34N2. The van der Waals surface area contributed by atoms with E-state index in [1.165, 1.54) is 64.7 Å². The fourth-order valence-electron chi connectivity index (χ4n) is 5.61. The van der Waals surface area contributed by atoms with Crippen molar-refractivity contribution >= 4 is 0 Å². The molecular weight excluding hydrogens is 244 g/mol. The summed E-state index contributed by atoms with van der Waals surface area (Å²) >= 11 is 0. The SMILES string of the molecule is CC1(C)CC(N2CCCN3CCCC3C2)CC(C)(C)C1. The van der Waals surface area contributed by atoms with Crippen LogP contribution in [0.25, 0.3) is 0 Å². The Hall–Kier alpha value is -0.0800. The van der Waals surface area contributed by atoms with Gasteiger partial charge in [0.05, 0.1) is 0 Å². The number of hydrogen-bond acceptors (Lipinski definition) is 2. The lowest BCUT2D eigenvalue weighted by molar-refractivity contribution is 0.0218. The molecule has 1 unspecified atom stereocenters. The van der Waals surface area contributed by atoms with Crippen molar-refractivity contribution in [2.24, 2.45) is 10.8 Å². The smallest absolute Gasteiger partial charge is 0.0223 e. The molecule has 0 bridgehead atoms. The maximum absolute atomic E-state index is 2.87. The van der Waals surface area contributed by atoms with Gasteiger partial charge in [-0.1, -0.05) is 27.7 Å². The van der Waals surface area contributed by atoms with E-state index in [1.807, 2.05) is 0 Å². The fraction of sp³-hybridized carbons (Fsp3) is 1.00. The Bertz CT molecular complexity index is 331. The van der Waals surface area contributed by atoms with Crippen molar-refractivity contribution in [2.45, 2.75) is 78.3 Å². The molecule has 2 aliphatic heterocycles. The zero-order valence-electron chi connectivity index (χ0n) is 14.1. The van der Waals surface area contributed by atoms with Crippen LogP contribution in [0.1, 0.15) is 66.2 Å². The van der Waals surface area contributed by atoms with Gasteiger partial charge in [0.25, 0.3) is 0 Å². The quantitative estimate of drug-likeness (QED) is 0.720. The van der Waals surface area contributed by atoms with Crippen LogP contribution in [0.15, 0.2) is 0 Å². The minimum Gasteiger partial charge on any atom is -0.299 e. The average molecular weight is 278 g/mol. The second-order valence-electron chi connectivity index (χ2n) is 9.25. The van der Waals surface area contributed by atoms with Gasteiger partial charge in [0, 0.05) is 18.6 Å². The van der Waals surface area contributed by atoms with Crippen molar-refractivity contribution in [1.82, 2.24) is 9.80 Å². The molecule has 2 saturated heterocycles. The first-order chi connectivity index (χ1) is 9.35. The summed E-state index contributed by atoms with van der Waals surface area (Å²) in [5, 5.41) is 0. The highest BCUT2D eigenvalue weighted by atomic mass is 15.3. The fourth-order valence-corrected chi connectivity index (χ4v) is 5.61. The van der Waals surface area contributed by atoms with E-state index in [2.05, 4.69) is 37.5 Å². The van der Waals surface area contributed by atoms with E-state index in [0.29, 0.717) is 10.8 Å². The van der Waals surface area contributed by atoms with Crippen molar-refractivity contribution in [3.8, 4) is 0 Å².